The van der Waals surface area contributed by atoms with Crippen LogP contribution in [0, 0.1) is 11.8 Å². The molecule has 0 saturated heterocycles. The van der Waals surface area contributed by atoms with Gasteiger partial charge in [0.2, 0.25) is 5.78 Å². The highest BCUT2D eigenvalue weighted by molar-refractivity contribution is 6.24. The summed E-state index contributed by atoms with van der Waals surface area (Å²) in [5, 5.41) is 44.8. The number of halogens is 1. The van der Waals surface area contributed by atoms with E-state index in [1.54, 1.807) is 27.3 Å². The fourth-order valence-electron chi connectivity index (χ4n) is 6.65. The zero-order valence-electron chi connectivity index (χ0n) is 22.9. The number of nitrogens with zero attached hydrogens (tertiary/aromatic N) is 1. The van der Waals surface area contributed by atoms with Crippen LogP contribution in [0.1, 0.15) is 28.7 Å². The molecule has 6 N–H and O–H groups in total. The molecule has 0 aliphatic heterocycles. The van der Waals surface area contributed by atoms with Crippen molar-refractivity contribution >= 4 is 35.6 Å². The Bertz CT molecular complexity index is 1510. The maximum absolute atomic E-state index is 13.9. The molecule has 2 aromatic carbocycles. The molecule has 1 amide bonds. The highest BCUT2D eigenvalue weighted by Gasteiger charge is 2.64. The molecule has 0 radical (unpaired) electrons. The van der Waals surface area contributed by atoms with Crippen molar-refractivity contribution < 1.29 is 39.5 Å². The van der Waals surface area contributed by atoms with Crippen molar-refractivity contribution in [2.45, 2.75) is 37.3 Å². The lowest BCUT2D eigenvalue weighted by Gasteiger charge is -2.50. The monoisotopic (exact) mass is 584 g/mol. The van der Waals surface area contributed by atoms with Gasteiger partial charge in [-0.3, -0.25) is 19.3 Å². The van der Waals surface area contributed by atoms with E-state index in [-0.39, 0.29) is 42.1 Å². The summed E-state index contributed by atoms with van der Waals surface area (Å²) in [5.74, 6) is -5.86. The molecule has 218 valence electrons. The van der Waals surface area contributed by atoms with Crippen LogP contribution in [0.3, 0.4) is 0 Å². The zero-order valence-corrected chi connectivity index (χ0v) is 23.7. The largest absolute Gasteiger partial charge is 0.508 e. The highest BCUT2D eigenvalue weighted by Crippen LogP contribution is 2.53. The zero-order chi connectivity index (χ0) is 29.1. The Morgan fingerprint density at radius 1 is 1.12 bits per heavy atom. The first kappa shape index (κ1) is 30.1. The van der Waals surface area contributed by atoms with E-state index in [1.165, 1.54) is 11.0 Å². The van der Waals surface area contributed by atoms with Crippen LogP contribution in [0.4, 0.5) is 0 Å². The summed E-state index contributed by atoms with van der Waals surface area (Å²) in [6.45, 7) is 0. The summed E-state index contributed by atoms with van der Waals surface area (Å²) in [7, 11) is 4.74. The lowest BCUT2D eigenvalue weighted by molar-refractivity contribution is -0.153. The van der Waals surface area contributed by atoms with Gasteiger partial charge in [0.05, 0.1) is 18.7 Å². The molecule has 4 atom stereocenters. The van der Waals surface area contributed by atoms with Crippen LogP contribution >= 0.6 is 12.4 Å². The van der Waals surface area contributed by atoms with Crippen molar-refractivity contribution in [3.63, 3.8) is 0 Å². The molecule has 41 heavy (non-hydrogen) atoms. The number of hydrogen-bond donors (Lipinski definition) is 5. The number of Topliss-reactive ketones (excluding diaryl/α,β-unsaturated/α-hetero) is 2. The smallest absolute Gasteiger partial charge is 0.255 e. The Labute approximate surface area is 243 Å². The van der Waals surface area contributed by atoms with Crippen LogP contribution in [-0.4, -0.2) is 75.6 Å². The fraction of sp³-hybridized carbons (Fsp3) is 0.367. The molecule has 0 unspecified atom stereocenters. The van der Waals surface area contributed by atoms with Gasteiger partial charge in [0.15, 0.2) is 11.4 Å². The quantitative estimate of drug-likeness (QED) is 0.319. The second-order valence-corrected chi connectivity index (χ2v) is 10.9. The van der Waals surface area contributed by atoms with Crippen LogP contribution in [0.2, 0.25) is 0 Å². The second-order valence-electron chi connectivity index (χ2n) is 10.9. The number of carbonyl (C=O) groups is 3. The minimum atomic E-state index is -2.65. The third-order valence-electron chi connectivity index (χ3n) is 8.52. The Morgan fingerprint density at radius 3 is 2.46 bits per heavy atom. The molecule has 0 heterocycles. The lowest BCUT2D eigenvalue weighted by Crippen LogP contribution is -2.65. The number of likely N-dealkylation sites (N-methyl/N-ethyl adjacent to an activating group) is 1. The average Bonchev–Trinajstić information content (AvgIpc) is 2.90. The molecule has 0 bridgehead atoms. The third kappa shape index (κ3) is 4.56. The minimum absolute atomic E-state index is 0. The number of phenols is 1. The molecule has 1 fully saturated rings. The number of hydrogen-bond acceptors (Lipinski definition) is 9. The first-order valence-corrected chi connectivity index (χ1v) is 13.0. The molecule has 10 nitrogen and oxygen atoms in total. The predicted octanol–water partition coefficient (Wildman–Crippen LogP) is 2.18. The van der Waals surface area contributed by atoms with Gasteiger partial charge in [0.1, 0.15) is 28.6 Å². The number of aryl methyl sites for hydroxylation is 2. The molecule has 11 heteroatoms. The highest BCUT2D eigenvalue weighted by atomic mass is 35.5. The lowest BCUT2D eigenvalue weighted by atomic mass is 9.57. The summed E-state index contributed by atoms with van der Waals surface area (Å²) in [4.78, 5) is 40.7. The summed E-state index contributed by atoms with van der Waals surface area (Å²) < 4.78 is 5.31. The number of ketones is 2. The van der Waals surface area contributed by atoms with Crippen molar-refractivity contribution in [3.05, 3.63) is 75.6 Å². The van der Waals surface area contributed by atoms with E-state index in [9.17, 15) is 34.8 Å². The van der Waals surface area contributed by atoms with Gasteiger partial charge < -0.3 is 30.9 Å². The van der Waals surface area contributed by atoms with Gasteiger partial charge in [-0.1, -0.05) is 18.2 Å². The Balaban J connectivity index is 0.00000387. The number of methoxy groups -OCH3 is 1. The molecule has 2 aromatic rings. The fourth-order valence-corrected chi connectivity index (χ4v) is 6.65. The van der Waals surface area contributed by atoms with E-state index in [1.807, 2.05) is 24.3 Å². The molecule has 1 saturated carbocycles. The Hall–Kier alpha value is -3.86. The van der Waals surface area contributed by atoms with Gasteiger partial charge >= 0.3 is 0 Å². The summed E-state index contributed by atoms with van der Waals surface area (Å²) >= 11 is 0. The van der Waals surface area contributed by atoms with Gasteiger partial charge in [-0.25, -0.2) is 0 Å². The van der Waals surface area contributed by atoms with Crippen molar-refractivity contribution in [1.29, 1.82) is 0 Å². The van der Waals surface area contributed by atoms with Gasteiger partial charge in [-0.2, -0.15) is 0 Å². The Morgan fingerprint density at radius 2 is 1.83 bits per heavy atom. The van der Waals surface area contributed by atoms with Gasteiger partial charge in [-0.15, -0.1) is 12.4 Å². The molecule has 3 aliphatic rings. The van der Waals surface area contributed by atoms with E-state index in [0.29, 0.717) is 18.4 Å². The Kier molecular flexibility index (Phi) is 7.97. The third-order valence-corrected chi connectivity index (χ3v) is 8.52. The van der Waals surface area contributed by atoms with E-state index in [2.05, 4.69) is 0 Å². The topological polar surface area (TPSA) is 171 Å². The van der Waals surface area contributed by atoms with E-state index in [4.69, 9.17) is 10.5 Å². The van der Waals surface area contributed by atoms with Crippen LogP contribution in [-0.2, 0) is 33.6 Å². The number of primary amides is 1. The number of fused-ring (bicyclic) bond motifs is 3. The first-order valence-electron chi connectivity index (χ1n) is 13.0. The van der Waals surface area contributed by atoms with E-state index < -0.39 is 58.0 Å². The molecular weight excluding hydrogens is 552 g/mol. The summed E-state index contributed by atoms with van der Waals surface area (Å²) in [6, 6.07) is 9.79. The number of aromatic hydroxyl groups is 1. The maximum Gasteiger partial charge on any atom is 0.255 e. The van der Waals surface area contributed by atoms with Crippen LogP contribution in [0.15, 0.2) is 53.3 Å². The van der Waals surface area contributed by atoms with Crippen LogP contribution in [0.25, 0.3) is 5.76 Å². The molecule has 5 rings (SSSR count). The predicted molar refractivity (Wildman–Crippen MR) is 152 cm³/mol. The number of nitrogens with two attached hydrogens (primary N) is 1. The number of aliphatic hydroxyl groups excluding tert-OH is 2. The van der Waals surface area contributed by atoms with Crippen molar-refractivity contribution in [2.75, 3.05) is 21.2 Å². The van der Waals surface area contributed by atoms with Crippen molar-refractivity contribution in [2.24, 2.45) is 17.6 Å². The number of phenolic OH excluding ortho intramolecular Hbond substituents is 1. The second kappa shape index (κ2) is 10.8. The maximum atomic E-state index is 13.9. The van der Waals surface area contributed by atoms with Crippen LogP contribution in [0.5, 0.6) is 11.5 Å². The van der Waals surface area contributed by atoms with Crippen molar-refractivity contribution in [3.8, 4) is 11.5 Å². The average molecular weight is 585 g/mol. The number of rotatable bonds is 6. The number of amides is 1. The molecule has 3 aliphatic carbocycles. The SMILES string of the molecule is COc1cccc(CCc2ccc(O)c3c2C[C@H]2C[C@H]4[C@H](N(C)C)C(=O)C(C(N)=O)=C(O)[C@@]4(O)C(=O)C2=C3O)c1.Cl. The summed E-state index contributed by atoms with van der Waals surface area (Å²) in [6.07, 6.45) is 1.55. The molecular formula is C30H33ClN2O8. The van der Waals surface area contributed by atoms with Gasteiger partial charge in [0.25, 0.3) is 5.91 Å². The van der Waals surface area contributed by atoms with Gasteiger partial charge in [-0.05, 0) is 80.6 Å². The van der Waals surface area contributed by atoms with E-state index >= 15 is 0 Å². The molecule has 0 aromatic heterocycles. The standard InChI is InChI=1S/C30H32N2O8.ClH/c1-32(2)24-19-13-16-12-18-15(8-7-14-5-4-6-17(11-14)40-3)9-10-20(33)22(18)25(34)21(16)27(36)30(19,39)28(37)23(26(24)35)29(31)38;/h4-6,9-11,16,19,24,33-34,37,39H,7-8,12-13H2,1-3H3,(H2,31,38);1H/t16-,19-,24-,30-;/m0./s1. The number of aliphatic hydroxyl groups is 3. The van der Waals surface area contributed by atoms with Crippen molar-refractivity contribution in [1.82, 2.24) is 4.90 Å². The van der Waals surface area contributed by atoms with Crippen LogP contribution < -0.4 is 10.5 Å². The minimum Gasteiger partial charge on any atom is -0.508 e. The number of ether oxygens (including phenoxy) is 1. The van der Waals surface area contributed by atoms with E-state index in [0.717, 1.165) is 16.9 Å². The van der Waals surface area contributed by atoms with Gasteiger partial charge in [0, 0.05) is 11.5 Å². The molecule has 0 spiro atoms. The first-order chi connectivity index (χ1) is 18.9. The normalized spacial score (nSPS) is 25.3. The number of benzene rings is 2. The number of carbonyl (C=O) groups excluding carboxylic acids is 3. The summed E-state index contributed by atoms with van der Waals surface area (Å²) in [5.41, 5.74) is 4.41.